The topological polar surface area (TPSA) is 63.3 Å². The molecule has 0 rings (SSSR count). The Morgan fingerprint density at radius 3 is 2.00 bits per heavy atom. The molecule has 0 aliphatic heterocycles. The van der Waals surface area contributed by atoms with E-state index in [1.165, 1.54) is 12.8 Å². The van der Waals surface area contributed by atoms with Gasteiger partial charge in [0, 0.05) is 22.6 Å². The lowest BCUT2D eigenvalue weighted by Crippen LogP contribution is -1.95. The molecule has 0 saturated carbocycles. The van der Waals surface area contributed by atoms with Gasteiger partial charge in [-0.15, -0.1) is 0 Å². The third kappa shape index (κ3) is 99.9. The highest BCUT2D eigenvalue weighted by Gasteiger charge is 1.67. The van der Waals surface area contributed by atoms with Crippen LogP contribution in [0.1, 0.15) is 26.7 Å². The predicted molar refractivity (Wildman–Crippen MR) is 60.1 cm³/mol. The molecule has 0 spiro atoms. The van der Waals surface area contributed by atoms with Crippen molar-refractivity contribution < 1.29 is 9.90 Å². The third-order valence-corrected chi connectivity index (χ3v) is 1.19. The Labute approximate surface area is 87.9 Å². The minimum atomic E-state index is -0.250. The molecule has 0 aromatic carbocycles. The van der Waals surface area contributed by atoms with Gasteiger partial charge in [-0.3, -0.25) is 4.79 Å². The molecule has 0 aliphatic rings. The molecule has 12 heavy (non-hydrogen) atoms. The second-order valence-corrected chi connectivity index (χ2v) is 2.13. The normalized spacial score (nSPS) is 5.67. The van der Waals surface area contributed by atoms with Crippen molar-refractivity contribution in [2.75, 3.05) is 6.54 Å². The van der Waals surface area contributed by atoms with Crippen LogP contribution in [0.3, 0.4) is 0 Å². The van der Waals surface area contributed by atoms with Crippen LogP contribution in [0.2, 0.25) is 0 Å². The molecule has 4 heteroatoms. The molecule has 0 heterocycles. The fraction of sp³-hybridized carbons (Fsp3) is 0.625. The highest BCUT2D eigenvalue weighted by molar-refractivity contribution is 14.1. The second kappa shape index (κ2) is 31.0. The van der Waals surface area contributed by atoms with Gasteiger partial charge in [-0.25, -0.2) is 0 Å². The zero-order valence-corrected chi connectivity index (χ0v) is 9.67. The molecule has 0 radical (unpaired) electrons. The average Bonchev–Trinajstić information content (AvgIpc) is 2.08. The van der Waals surface area contributed by atoms with E-state index >= 15 is 0 Å². The Balaban J connectivity index is -0.000000105. The van der Waals surface area contributed by atoms with E-state index in [4.69, 9.17) is 15.6 Å². The Kier molecular flexibility index (Phi) is 45.7. The summed E-state index contributed by atoms with van der Waals surface area (Å²) in [4.78, 5) is 8.36. The predicted octanol–water partition coefficient (Wildman–Crippen LogP) is 1.85. The van der Waals surface area contributed by atoms with Crippen molar-refractivity contribution in [2.45, 2.75) is 26.7 Å². The third-order valence-electron chi connectivity index (χ3n) is 0.652. The number of carbonyl (C=O) groups is 1. The van der Waals surface area contributed by atoms with Crippen LogP contribution in [0.25, 0.3) is 0 Å². The summed E-state index contributed by atoms with van der Waals surface area (Å²) in [6.45, 7) is 4.54. The number of halogens is 1. The molecular weight excluding hydrogens is 269 g/mol. The Bertz CT molecular complexity index is 110. The molecule has 3 nitrogen and oxygen atoms in total. The van der Waals surface area contributed by atoms with Gasteiger partial charge in [0.25, 0.3) is 6.47 Å². The summed E-state index contributed by atoms with van der Waals surface area (Å²) in [5, 5.41) is 6.89. The van der Waals surface area contributed by atoms with Crippen LogP contribution >= 0.6 is 22.6 Å². The molecule has 0 amide bonds. The molecule has 3 N–H and O–H groups in total. The van der Waals surface area contributed by atoms with E-state index in [1.807, 2.05) is 29.5 Å². The van der Waals surface area contributed by atoms with E-state index in [0.29, 0.717) is 0 Å². The van der Waals surface area contributed by atoms with Gasteiger partial charge >= 0.3 is 0 Å². The van der Waals surface area contributed by atoms with Crippen molar-refractivity contribution in [1.29, 1.82) is 0 Å². The van der Waals surface area contributed by atoms with Gasteiger partial charge in [0.1, 0.15) is 0 Å². The van der Waals surface area contributed by atoms with Crippen LogP contribution < -0.4 is 5.73 Å². The fourth-order valence-electron chi connectivity index (χ4n) is 0.204. The van der Waals surface area contributed by atoms with E-state index in [-0.39, 0.29) is 6.47 Å². The molecule has 0 fully saturated rings. The number of hydrogen-bond donors (Lipinski definition) is 2. The summed E-state index contributed by atoms with van der Waals surface area (Å²) < 4.78 is 2.65. The highest BCUT2D eigenvalue weighted by atomic mass is 127. The minimum Gasteiger partial charge on any atom is -0.483 e. The van der Waals surface area contributed by atoms with Gasteiger partial charge in [0.2, 0.25) is 0 Å². The monoisotopic (exact) mass is 285 g/mol. The number of unbranched alkanes of at least 4 members (excludes halogenated alkanes) is 1. The highest BCUT2D eigenvalue weighted by Crippen LogP contribution is 1.77. The summed E-state index contributed by atoms with van der Waals surface area (Å²) >= 11 is 1.99. The quantitative estimate of drug-likeness (QED) is 0.462. The van der Waals surface area contributed by atoms with E-state index < -0.39 is 0 Å². The number of carboxylic acid groups (broad SMARTS) is 1. The van der Waals surface area contributed by atoms with Gasteiger partial charge in [-0.2, -0.15) is 0 Å². The molecule has 0 saturated heterocycles. The molecule has 0 aromatic rings. The summed E-state index contributed by atoms with van der Waals surface area (Å²) in [6, 6.07) is 0. The molecule has 0 aliphatic carbocycles. The van der Waals surface area contributed by atoms with Crippen molar-refractivity contribution >= 4 is 29.1 Å². The summed E-state index contributed by atoms with van der Waals surface area (Å²) in [5.41, 5.74) is 5.14. The van der Waals surface area contributed by atoms with Gasteiger partial charge in [0.15, 0.2) is 0 Å². The van der Waals surface area contributed by atoms with Crippen LogP contribution in [-0.2, 0) is 4.79 Å². The first kappa shape index (κ1) is 17.7. The van der Waals surface area contributed by atoms with Crippen molar-refractivity contribution in [1.82, 2.24) is 0 Å². The van der Waals surface area contributed by atoms with Gasteiger partial charge < -0.3 is 10.8 Å². The van der Waals surface area contributed by atoms with E-state index in [1.54, 1.807) is 0 Å². The maximum atomic E-state index is 8.36. The number of hydrogen-bond acceptors (Lipinski definition) is 2. The zero-order chi connectivity index (χ0) is 10.2. The van der Waals surface area contributed by atoms with Crippen molar-refractivity contribution in [3.63, 3.8) is 0 Å². The van der Waals surface area contributed by atoms with E-state index in [9.17, 15) is 0 Å². The van der Waals surface area contributed by atoms with Crippen molar-refractivity contribution in [2.24, 2.45) is 5.73 Å². The van der Waals surface area contributed by atoms with Gasteiger partial charge in [-0.1, -0.05) is 19.3 Å². The van der Waals surface area contributed by atoms with Gasteiger partial charge in [0.05, 0.1) is 0 Å². The Morgan fingerprint density at radius 2 is 2.00 bits per heavy atom. The molecule has 0 unspecified atom stereocenters. The Hall–Kier alpha value is -0.280. The molecule has 0 bridgehead atoms. The van der Waals surface area contributed by atoms with Crippen LogP contribution in [0.4, 0.5) is 0 Å². The lowest BCUT2D eigenvalue weighted by Gasteiger charge is -1.80. The SMILES string of the molecule is CC#CI.CCCCN.O=CO. The maximum Gasteiger partial charge on any atom is 0.290 e. The standard InChI is InChI=1S/C4H11N.C3H3I.CH2O2/c1-2-3-4-5;1-2-3-4;2-1-3/h2-5H2,1H3;1H3;1H,(H,2,3). The Morgan fingerprint density at radius 1 is 1.67 bits per heavy atom. The van der Waals surface area contributed by atoms with E-state index in [2.05, 4.69) is 16.8 Å². The van der Waals surface area contributed by atoms with Crippen LogP contribution in [0.5, 0.6) is 0 Å². The molecular formula is C8H16INO2. The lowest BCUT2D eigenvalue weighted by molar-refractivity contribution is -0.122. The van der Waals surface area contributed by atoms with Crippen LogP contribution in [-0.4, -0.2) is 18.1 Å². The van der Waals surface area contributed by atoms with Crippen LogP contribution in [0, 0.1) is 9.85 Å². The van der Waals surface area contributed by atoms with Gasteiger partial charge in [-0.05, 0) is 23.8 Å². The first-order valence-electron chi connectivity index (χ1n) is 3.55. The van der Waals surface area contributed by atoms with Crippen molar-refractivity contribution in [3.05, 3.63) is 0 Å². The smallest absolute Gasteiger partial charge is 0.290 e. The lowest BCUT2D eigenvalue weighted by atomic mass is 10.3. The molecule has 72 valence electrons. The number of nitrogens with two attached hydrogens (primary N) is 1. The largest absolute Gasteiger partial charge is 0.483 e. The molecule has 0 aromatic heterocycles. The minimum absolute atomic E-state index is 0.250. The van der Waals surface area contributed by atoms with Crippen molar-refractivity contribution in [3.8, 4) is 9.85 Å². The summed E-state index contributed by atoms with van der Waals surface area (Å²) in [6.07, 6.45) is 2.39. The fourth-order valence-corrected chi connectivity index (χ4v) is 0.204. The first-order valence-corrected chi connectivity index (χ1v) is 4.63. The molecule has 0 atom stereocenters. The summed E-state index contributed by atoms with van der Waals surface area (Å²) in [5.74, 6) is 2.67. The zero-order valence-electron chi connectivity index (χ0n) is 7.51. The second-order valence-electron chi connectivity index (χ2n) is 1.59. The average molecular weight is 285 g/mol. The number of rotatable bonds is 2. The van der Waals surface area contributed by atoms with Crippen LogP contribution in [0.15, 0.2) is 0 Å². The first-order chi connectivity index (χ1) is 5.74. The maximum absolute atomic E-state index is 8.36. The summed E-state index contributed by atoms with van der Waals surface area (Å²) in [7, 11) is 0. The van der Waals surface area contributed by atoms with E-state index in [0.717, 1.165) is 6.54 Å².